The number of nitrogens with zero attached hydrogens (tertiary/aromatic N) is 2. The maximum atomic E-state index is 11.6. The van der Waals surface area contributed by atoms with E-state index >= 15 is 0 Å². The molecule has 6 heteroatoms. The summed E-state index contributed by atoms with van der Waals surface area (Å²) in [6, 6.07) is 0.528. The lowest BCUT2D eigenvalue weighted by molar-refractivity contribution is -0.125. The number of likely N-dealkylation sites (tertiary alicyclic amines) is 1. The standard InChI is InChI=1S/C20H34N4O2/c1-21-16(25)13-14-5-10-24(11-6-14)19(22-2)23-17-15-7-12-26-18(15)20(17)8-3-4-9-20/h14-15,17-18H,3-13H2,1-2H3,(H,21,25)(H,22,23). The molecule has 6 nitrogen and oxygen atoms in total. The van der Waals surface area contributed by atoms with Crippen LogP contribution < -0.4 is 10.6 Å². The van der Waals surface area contributed by atoms with Gasteiger partial charge in [0.2, 0.25) is 5.91 Å². The molecule has 2 saturated carbocycles. The molecule has 26 heavy (non-hydrogen) atoms. The topological polar surface area (TPSA) is 66.0 Å². The number of piperidine rings is 1. The normalized spacial score (nSPS) is 33.8. The smallest absolute Gasteiger partial charge is 0.220 e. The highest BCUT2D eigenvalue weighted by Gasteiger charge is 2.65. The fourth-order valence-electron chi connectivity index (χ4n) is 6.05. The second-order valence-corrected chi connectivity index (χ2v) is 8.66. The minimum Gasteiger partial charge on any atom is -0.377 e. The largest absolute Gasteiger partial charge is 0.377 e. The first-order valence-corrected chi connectivity index (χ1v) is 10.5. The number of fused-ring (bicyclic) bond motifs is 2. The van der Waals surface area contributed by atoms with Gasteiger partial charge in [-0.05, 0) is 38.0 Å². The molecule has 2 heterocycles. The number of rotatable bonds is 3. The molecule has 2 saturated heterocycles. The van der Waals surface area contributed by atoms with E-state index in [1.54, 1.807) is 7.05 Å². The van der Waals surface area contributed by atoms with Crippen molar-refractivity contribution in [1.82, 2.24) is 15.5 Å². The van der Waals surface area contributed by atoms with Crippen LogP contribution in [0.15, 0.2) is 4.99 Å². The molecule has 4 aliphatic rings. The van der Waals surface area contributed by atoms with Gasteiger partial charge in [0.1, 0.15) is 0 Å². The molecule has 146 valence electrons. The van der Waals surface area contributed by atoms with E-state index in [0.717, 1.165) is 38.5 Å². The van der Waals surface area contributed by atoms with Crippen LogP contribution in [0.2, 0.25) is 0 Å². The molecule has 0 aromatic carbocycles. The van der Waals surface area contributed by atoms with E-state index in [1.807, 2.05) is 7.05 Å². The summed E-state index contributed by atoms with van der Waals surface area (Å²) in [5.41, 5.74) is 0.356. The quantitative estimate of drug-likeness (QED) is 0.593. The van der Waals surface area contributed by atoms with Crippen LogP contribution in [-0.4, -0.2) is 62.7 Å². The first-order valence-electron chi connectivity index (χ1n) is 10.5. The summed E-state index contributed by atoms with van der Waals surface area (Å²) in [6.45, 7) is 2.91. The Morgan fingerprint density at radius 3 is 2.62 bits per heavy atom. The Kier molecular flexibility index (Phi) is 5.13. The average molecular weight is 363 g/mol. The zero-order valence-corrected chi connectivity index (χ0v) is 16.3. The number of nitrogens with one attached hydrogen (secondary N) is 2. The molecule has 2 aliphatic carbocycles. The minimum absolute atomic E-state index is 0.163. The van der Waals surface area contributed by atoms with Gasteiger partial charge in [0.05, 0.1) is 6.10 Å². The summed E-state index contributed by atoms with van der Waals surface area (Å²) in [5, 5.41) is 6.61. The molecule has 2 N–H and O–H groups in total. The number of ether oxygens (including phenoxy) is 1. The molecule has 0 bridgehead atoms. The van der Waals surface area contributed by atoms with Crippen LogP contribution in [0.25, 0.3) is 0 Å². The van der Waals surface area contributed by atoms with Crippen molar-refractivity contribution in [3.05, 3.63) is 0 Å². The van der Waals surface area contributed by atoms with Gasteiger partial charge in [-0.3, -0.25) is 9.79 Å². The van der Waals surface area contributed by atoms with Crippen LogP contribution in [0.1, 0.15) is 51.4 Å². The molecule has 4 fully saturated rings. The van der Waals surface area contributed by atoms with Crippen molar-refractivity contribution in [3.8, 4) is 0 Å². The molecule has 2 aliphatic heterocycles. The number of amides is 1. The Balaban J connectivity index is 1.36. The van der Waals surface area contributed by atoms with Crippen LogP contribution in [-0.2, 0) is 9.53 Å². The maximum Gasteiger partial charge on any atom is 0.220 e. The SMILES string of the molecule is CN=C(NC1C2CCOC2C12CCCC2)N1CCC(CC(=O)NC)CC1. The van der Waals surface area contributed by atoms with Crippen LogP contribution in [0.3, 0.4) is 0 Å². The highest BCUT2D eigenvalue weighted by Crippen LogP contribution is 2.60. The number of guanidine groups is 1. The lowest BCUT2D eigenvalue weighted by Crippen LogP contribution is -2.69. The fraction of sp³-hybridized carbons (Fsp3) is 0.900. The van der Waals surface area contributed by atoms with Crippen LogP contribution >= 0.6 is 0 Å². The molecule has 1 spiro atoms. The second kappa shape index (κ2) is 7.37. The first kappa shape index (κ1) is 18.1. The Morgan fingerprint density at radius 2 is 1.96 bits per heavy atom. The number of hydrogen-bond acceptors (Lipinski definition) is 3. The van der Waals surface area contributed by atoms with Crippen molar-refractivity contribution in [3.63, 3.8) is 0 Å². The van der Waals surface area contributed by atoms with Gasteiger partial charge in [0.15, 0.2) is 5.96 Å². The van der Waals surface area contributed by atoms with Gasteiger partial charge in [-0.25, -0.2) is 0 Å². The average Bonchev–Trinajstić information content (AvgIpc) is 3.32. The van der Waals surface area contributed by atoms with Crippen LogP contribution in [0.4, 0.5) is 0 Å². The van der Waals surface area contributed by atoms with Crippen molar-refractivity contribution in [2.24, 2.45) is 22.2 Å². The van der Waals surface area contributed by atoms with E-state index in [9.17, 15) is 4.79 Å². The van der Waals surface area contributed by atoms with Crippen LogP contribution in [0, 0.1) is 17.3 Å². The predicted octanol–water partition coefficient (Wildman–Crippen LogP) is 1.76. The Bertz CT molecular complexity index is 550. The zero-order chi connectivity index (χ0) is 18.1. The van der Waals surface area contributed by atoms with Crippen molar-refractivity contribution in [2.45, 2.75) is 63.5 Å². The third kappa shape index (κ3) is 3.00. The van der Waals surface area contributed by atoms with E-state index in [-0.39, 0.29) is 5.91 Å². The summed E-state index contributed by atoms with van der Waals surface area (Å²) < 4.78 is 6.11. The molecular weight excluding hydrogens is 328 g/mol. The highest BCUT2D eigenvalue weighted by molar-refractivity contribution is 5.81. The zero-order valence-electron chi connectivity index (χ0n) is 16.3. The van der Waals surface area contributed by atoms with E-state index in [1.165, 1.54) is 32.1 Å². The molecule has 1 amide bonds. The summed E-state index contributed by atoms with van der Waals surface area (Å²) in [7, 11) is 3.63. The van der Waals surface area contributed by atoms with Crippen molar-refractivity contribution >= 4 is 11.9 Å². The van der Waals surface area contributed by atoms with Crippen molar-refractivity contribution in [1.29, 1.82) is 0 Å². The van der Waals surface area contributed by atoms with Gasteiger partial charge in [-0.1, -0.05) is 12.8 Å². The van der Waals surface area contributed by atoms with Gasteiger partial charge in [-0.15, -0.1) is 0 Å². The molecule has 3 unspecified atom stereocenters. The third-order valence-electron chi connectivity index (χ3n) is 7.45. The Morgan fingerprint density at radius 1 is 1.23 bits per heavy atom. The number of carbonyl (C=O) groups excluding carboxylic acids is 1. The Hall–Kier alpha value is -1.30. The maximum absolute atomic E-state index is 11.6. The summed E-state index contributed by atoms with van der Waals surface area (Å²) in [5.74, 6) is 2.39. The molecular formula is C20H34N4O2. The second-order valence-electron chi connectivity index (χ2n) is 8.66. The van der Waals surface area contributed by atoms with E-state index in [2.05, 4.69) is 20.5 Å². The molecule has 4 rings (SSSR count). The van der Waals surface area contributed by atoms with Gasteiger partial charge in [0, 0.05) is 57.6 Å². The lowest BCUT2D eigenvalue weighted by Gasteiger charge is -2.57. The highest BCUT2D eigenvalue weighted by atomic mass is 16.5. The minimum atomic E-state index is 0.163. The van der Waals surface area contributed by atoms with Gasteiger partial charge >= 0.3 is 0 Å². The van der Waals surface area contributed by atoms with E-state index in [4.69, 9.17) is 4.74 Å². The van der Waals surface area contributed by atoms with Gasteiger partial charge in [0.25, 0.3) is 0 Å². The van der Waals surface area contributed by atoms with E-state index < -0.39 is 0 Å². The molecule has 0 aromatic heterocycles. The number of carbonyl (C=O) groups is 1. The third-order valence-corrected chi connectivity index (χ3v) is 7.45. The van der Waals surface area contributed by atoms with E-state index in [0.29, 0.717) is 35.8 Å². The number of aliphatic imine (C=N–C) groups is 1. The van der Waals surface area contributed by atoms with Crippen LogP contribution in [0.5, 0.6) is 0 Å². The van der Waals surface area contributed by atoms with Crippen molar-refractivity contribution < 1.29 is 9.53 Å². The number of hydrogen-bond donors (Lipinski definition) is 2. The molecule has 0 aromatic rings. The summed E-state index contributed by atoms with van der Waals surface area (Å²) in [4.78, 5) is 18.6. The molecule has 0 radical (unpaired) electrons. The molecule has 3 atom stereocenters. The fourth-order valence-corrected chi connectivity index (χ4v) is 6.05. The van der Waals surface area contributed by atoms with Gasteiger partial charge < -0.3 is 20.3 Å². The Labute approximate surface area is 157 Å². The monoisotopic (exact) mass is 362 g/mol. The summed E-state index contributed by atoms with van der Waals surface area (Å²) in [6.07, 6.45) is 9.76. The van der Waals surface area contributed by atoms with Crippen molar-refractivity contribution in [2.75, 3.05) is 33.8 Å². The predicted molar refractivity (Wildman–Crippen MR) is 102 cm³/mol. The summed E-state index contributed by atoms with van der Waals surface area (Å²) >= 11 is 0. The first-order chi connectivity index (χ1) is 12.7. The van der Waals surface area contributed by atoms with Gasteiger partial charge in [-0.2, -0.15) is 0 Å². The lowest BCUT2D eigenvalue weighted by atomic mass is 9.54.